The summed E-state index contributed by atoms with van der Waals surface area (Å²) >= 11 is 0. The average molecular weight is 190 g/mol. The molecule has 0 spiro atoms. The monoisotopic (exact) mass is 190 g/mol. The molecule has 2 N–H and O–H groups in total. The normalized spacial score (nSPS) is 13.6. The molecule has 0 radical (unpaired) electrons. The highest BCUT2D eigenvalue weighted by Crippen LogP contribution is 2.32. The molecule has 0 saturated carbocycles. The van der Waals surface area contributed by atoms with E-state index in [0.717, 1.165) is 16.7 Å². The minimum atomic E-state index is -0.830. The Morgan fingerprint density at radius 1 is 1.43 bits per heavy atom. The number of aliphatic carboxylic acids is 1. The second-order valence-corrected chi connectivity index (χ2v) is 3.40. The Kier molecular flexibility index (Phi) is 2.00. The van der Waals surface area contributed by atoms with Crippen LogP contribution in [-0.4, -0.2) is 16.2 Å². The quantitative estimate of drug-likeness (QED) is 0.747. The van der Waals surface area contributed by atoms with Gasteiger partial charge in [-0.3, -0.25) is 4.79 Å². The van der Waals surface area contributed by atoms with E-state index in [1.165, 1.54) is 0 Å². The summed E-state index contributed by atoms with van der Waals surface area (Å²) < 4.78 is 0. The number of hydrogen-bond acceptors (Lipinski definition) is 2. The third kappa shape index (κ3) is 1.48. The zero-order valence-corrected chi connectivity index (χ0v) is 7.53. The number of benzene rings is 1. The van der Waals surface area contributed by atoms with Crippen LogP contribution >= 0.6 is 0 Å². The minimum Gasteiger partial charge on any atom is -0.507 e. The molecule has 72 valence electrons. The zero-order chi connectivity index (χ0) is 10.1. The van der Waals surface area contributed by atoms with Crippen molar-refractivity contribution >= 4 is 12.0 Å². The van der Waals surface area contributed by atoms with Gasteiger partial charge in [0.2, 0.25) is 0 Å². The van der Waals surface area contributed by atoms with Crippen LogP contribution in [0, 0.1) is 0 Å². The molecule has 0 bridgehead atoms. The number of phenolic OH excluding ortho intramolecular Hbond substituents is 1. The second-order valence-electron chi connectivity index (χ2n) is 3.40. The van der Waals surface area contributed by atoms with Gasteiger partial charge in [0, 0.05) is 5.56 Å². The van der Waals surface area contributed by atoms with Gasteiger partial charge in [0.15, 0.2) is 0 Å². The van der Waals surface area contributed by atoms with Crippen LogP contribution < -0.4 is 0 Å². The third-order valence-corrected chi connectivity index (χ3v) is 2.32. The first-order chi connectivity index (χ1) is 6.66. The number of rotatable bonds is 2. The molecule has 0 unspecified atom stereocenters. The second kappa shape index (κ2) is 3.18. The predicted molar refractivity (Wildman–Crippen MR) is 52.0 cm³/mol. The van der Waals surface area contributed by atoms with E-state index in [0.29, 0.717) is 6.42 Å². The van der Waals surface area contributed by atoms with E-state index in [2.05, 4.69) is 0 Å². The first-order valence-electron chi connectivity index (χ1n) is 4.39. The van der Waals surface area contributed by atoms with Gasteiger partial charge in [0.1, 0.15) is 5.75 Å². The smallest absolute Gasteiger partial charge is 0.307 e. The molecular formula is C11H10O3. The first kappa shape index (κ1) is 8.81. The van der Waals surface area contributed by atoms with Crippen molar-refractivity contribution in [1.82, 2.24) is 0 Å². The van der Waals surface area contributed by atoms with Crippen LogP contribution in [0.3, 0.4) is 0 Å². The number of carboxylic acid groups (broad SMARTS) is 1. The summed E-state index contributed by atoms with van der Waals surface area (Å²) in [6, 6.07) is 5.28. The van der Waals surface area contributed by atoms with Crippen LogP contribution in [0.15, 0.2) is 23.8 Å². The summed E-state index contributed by atoms with van der Waals surface area (Å²) in [6.07, 6.45) is 2.45. The van der Waals surface area contributed by atoms with Gasteiger partial charge in [-0.25, -0.2) is 0 Å². The Bertz CT molecular complexity index is 419. The lowest BCUT2D eigenvalue weighted by Crippen LogP contribution is -1.96. The molecule has 14 heavy (non-hydrogen) atoms. The van der Waals surface area contributed by atoms with Gasteiger partial charge >= 0.3 is 5.97 Å². The van der Waals surface area contributed by atoms with Gasteiger partial charge in [-0.1, -0.05) is 23.8 Å². The number of phenols is 1. The first-order valence-corrected chi connectivity index (χ1v) is 4.39. The molecule has 1 aromatic carbocycles. The van der Waals surface area contributed by atoms with Crippen molar-refractivity contribution in [2.24, 2.45) is 0 Å². The van der Waals surface area contributed by atoms with Gasteiger partial charge in [-0.15, -0.1) is 0 Å². The SMILES string of the molecule is O=C(O)CC1=Cc2c(O)cccc2C1. The van der Waals surface area contributed by atoms with E-state index >= 15 is 0 Å². The van der Waals surface area contributed by atoms with Crippen LogP contribution in [0.1, 0.15) is 17.5 Å². The van der Waals surface area contributed by atoms with Gasteiger partial charge in [-0.2, -0.15) is 0 Å². The topological polar surface area (TPSA) is 57.5 Å². The molecule has 0 atom stereocenters. The van der Waals surface area contributed by atoms with E-state index in [4.69, 9.17) is 5.11 Å². The lowest BCUT2D eigenvalue weighted by molar-refractivity contribution is -0.136. The predicted octanol–water partition coefficient (Wildman–Crippen LogP) is 1.81. The van der Waals surface area contributed by atoms with Crippen LogP contribution in [-0.2, 0) is 11.2 Å². The fraction of sp³-hybridized carbons (Fsp3) is 0.182. The summed E-state index contributed by atoms with van der Waals surface area (Å²) in [4.78, 5) is 10.5. The lowest BCUT2D eigenvalue weighted by Gasteiger charge is -1.99. The largest absolute Gasteiger partial charge is 0.507 e. The number of aromatic hydroxyl groups is 1. The maximum absolute atomic E-state index is 10.5. The summed E-state index contributed by atoms with van der Waals surface area (Å²) in [5.74, 6) is -0.605. The molecule has 0 fully saturated rings. The lowest BCUT2D eigenvalue weighted by atomic mass is 10.1. The molecular weight excluding hydrogens is 180 g/mol. The molecule has 0 aliphatic heterocycles. The van der Waals surface area contributed by atoms with E-state index in [1.54, 1.807) is 18.2 Å². The molecule has 1 aromatic rings. The van der Waals surface area contributed by atoms with Crippen molar-refractivity contribution in [3.8, 4) is 5.75 Å². The highest BCUT2D eigenvalue weighted by molar-refractivity contribution is 5.77. The third-order valence-electron chi connectivity index (χ3n) is 2.32. The van der Waals surface area contributed by atoms with Crippen molar-refractivity contribution in [2.45, 2.75) is 12.8 Å². The summed E-state index contributed by atoms with van der Waals surface area (Å²) in [6.45, 7) is 0. The van der Waals surface area contributed by atoms with Gasteiger partial charge in [-0.05, 0) is 18.1 Å². The highest BCUT2D eigenvalue weighted by atomic mass is 16.4. The van der Waals surface area contributed by atoms with Crippen LogP contribution in [0.5, 0.6) is 5.75 Å². The minimum absolute atomic E-state index is 0.0497. The Morgan fingerprint density at radius 3 is 2.86 bits per heavy atom. The molecule has 0 aromatic heterocycles. The Labute approximate surface area is 81.3 Å². The van der Waals surface area contributed by atoms with Crippen LogP contribution in [0.4, 0.5) is 0 Å². The van der Waals surface area contributed by atoms with Gasteiger partial charge in [0.25, 0.3) is 0 Å². The van der Waals surface area contributed by atoms with Crippen molar-refractivity contribution in [1.29, 1.82) is 0 Å². The number of fused-ring (bicyclic) bond motifs is 1. The van der Waals surface area contributed by atoms with E-state index in [1.807, 2.05) is 6.07 Å². The number of hydrogen-bond donors (Lipinski definition) is 2. The van der Waals surface area contributed by atoms with Crippen molar-refractivity contribution in [3.05, 3.63) is 34.9 Å². The van der Waals surface area contributed by atoms with E-state index in [9.17, 15) is 9.90 Å². The highest BCUT2D eigenvalue weighted by Gasteiger charge is 2.16. The molecule has 0 amide bonds. The zero-order valence-electron chi connectivity index (χ0n) is 7.53. The molecule has 0 saturated heterocycles. The molecule has 0 heterocycles. The molecule has 3 heteroatoms. The van der Waals surface area contributed by atoms with Crippen molar-refractivity contribution in [2.75, 3.05) is 0 Å². The Balaban J connectivity index is 2.30. The van der Waals surface area contributed by atoms with E-state index < -0.39 is 5.97 Å². The standard InChI is InChI=1S/C11H10O3/c12-10-3-1-2-8-4-7(5-9(8)10)6-11(13)14/h1-3,5,12H,4,6H2,(H,13,14). The average Bonchev–Trinajstić information content (AvgIpc) is 2.47. The van der Waals surface area contributed by atoms with E-state index in [-0.39, 0.29) is 12.2 Å². The maximum Gasteiger partial charge on any atom is 0.307 e. The van der Waals surface area contributed by atoms with Gasteiger partial charge < -0.3 is 10.2 Å². The number of carboxylic acids is 1. The summed E-state index contributed by atoms with van der Waals surface area (Å²) in [7, 11) is 0. The van der Waals surface area contributed by atoms with Crippen molar-refractivity contribution in [3.63, 3.8) is 0 Å². The fourth-order valence-electron chi connectivity index (χ4n) is 1.73. The van der Waals surface area contributed by atoms with Crippen LogP contribution in [0.25, 0.3) is 6.08 Å². The Morgan fingerprint density at radius 2 is 2.21 bits per heavy atom. The molecule has 2 rings (SSSR count). The summed E-state index contributed by atoms with van der Waals surface area (Å²) in [5.41, 5.74) is 2.61. The molecule has 1 aliphatic carbocycles. The number of carbonyl (C=O) groups is 1. The molecule has 1 aliphatic rings. The van der Waals surface area contributed by atoms with Gasteiger partial charge in [0.05, 0.1) is 6.42 Å². The molecule has 3 nitrogen and oxygen atoms in total. The van der Waals surface area contributed by atoms with Crippen molar-refractivity contribution < 1.29 is 15.0 Å². The summed E-state index contributed by atoms with van der Waals surface area (Å²) in [5, 5.41) is 18.1. The maximum atomic E-state index is 10.5. The Hall–Kier alpha value is -1.77. The fourth-order valence-corrected chi connectivity index (χ4v) is 1.73. The van der Waals surface area contributed by atoms with Crippen LogP contribution in [0.2, 0.25) is 0 Å².